The molecule has 1 saturated heterocycles. The minimum absolute atomic E-state index is 0.0372. The van der Waals surface area contributed by atoms with Crippen LogP contribution in [0.3, 0.4) is 0 Å². The van der Waals surface area contributed by atoms with E-state index in [1.165, 1.54) is 0 Å². The lowest BCUT2D eigenvalue weighted by Gasteiger charge is -2.17. The standard InChI is InChI=1S/C16H14BrClN2O2/c17-11-4-5-14(18)13(9-11)16(21)20-8-6-12(10-20)22-15-3-1-2-7-19-15/h1-5,7,9,12H,6,8,10H2. The number of carbonyl (C=O) groups is 1. The second kappa shape index (κ2) is 6.67. The molecule has 1 aromatic heterocycles. The minimum Gasteiger partial charge on any atom is -0.472 e. The molecule has 22 heavy (non-hydrogen) atoms. The number of likely N-dealkylation sites (tertiary alicyclic amines) is 1. The average Bonchev–Trinajstić information content (AvgIpc) is 2.98. The van der Waals surface area contributed by atoms with Crippen molar-refractivity contribution in [3.63, 3.8) is 0 Å². The smallest absolute Gasteiger partial charge is 0.255 e. The molecule has 1 aliphatic rings. The maximum absolute atomic E-state index is 12.6. The summed E-state index contributed by atoms with van der Waals surface area (Å²) in [5, 5.41) is 0.460. The van der Waals surface area contributed by atoms with E-state index in [-0.39, 0.29) is 12.0 Å². The van der Waals surface area contributed by atoms with Gasteiger partial charge in [0, 0.05) is 29.7 Å². The van der Waals surface area contributed by atoms with Gasteiger partial charge in [0.1, 0.15) is 6.10 Å². The SMILES string of the molecule is O=C(c1cc(Br)ccc1Cl)N1CCC(Oc2ccccn2)C1. The molecule has 6 heteroatoms. The van der Waals surface area contributed by atoms with Gasteiger partial charge in [-0.3, -0.25) is 4.79 Å². The van der Waals surface area contributed by atoms with Crippen molar-refractivity contribution in [3.8, 4) is 5.88 Å². The zero-order valence-electron chi connectivity index (χ0n) is 11.7. The molecule has 0 saturated carbocycles. The Morgan fingerprint density at radius 1 is 1.36 bits per heavy atom. The van der Waals surface area contributed by atoms with Crippen molar-refractivity contribution in [3.05, 3.63) is 57.7 Å². The zero-order valence-corrected chi connectivity index (χ0v) is 14.0. The van der Waals surface area contributed by atoms with E-state index in [1.54, 1.807) is 23.2 Å². The number of ether oxygens (including phenoxy) is 1. The van der Waals surface area contributed by atoms with Gasteiger partial charge >= 0.3 is 0 Å². The number of amides is 1. The maximum Gasteiger partial charge on any atom is 0.255 e. The Balaban J connectivity index is 1.67. The van der Waals surface area contributed by atoms with Crippen LogP contribution in [0.4, 0.5) is 0 Å². The van der Waals surface area contributed by atoms with Crippen molar-refractivity contribution in [2.45, 2.75) is 12.5 Å². The summed E-state index contributed by atoms with van der Waals surface area (Å²) < 4.78 is 6.63. The molecule has 2 aromatic rings. The van der Waals surface area contributed by atoms with E-state index in [0.717, 1.165) is 10.9 Å². The summed E-state index contributed by atoms with van der Waals surface area (Å²) in [7, 11) is 0. The first kappa shape index (κ1) is 15.3. The molecule has 1 fully saturated rings. The topological polar surface area (TPSA) is 42.4 Å². The predicted molar refractivity (Wildman–Crippen MR) is 88.3 cm³/mol. The van der Waals surface area contributed by atoms with Crippen LogP contribution in [0.5, 0.6) is 5.88 Å². The van der Waals surface area contributed by atoms with Crippen LogP contribution in [0, 0.1) is 0 Å². The van der Waals surface area contributed by atoms with E-state index in [9.17, 15) is 4.79 Å². The van der Waals surface area contributed by atoms with Gasteiger partial charge in [-0.25, -0.2) is 4.98 Å². The van der Waals surface area contributed by atoms with Crippen molar-refractivity contribution in [2.24, 2.45) is 0 Å². The van der Waals surface area contributed by atoms with E-state index in [1.807, 2.05) is 24.3 Å². The number of benzene rings is 1. The number of nitrogens with zero attached hydrogens (tertiary/aromatic N) is 2. The lowest BCUT2D eigenvalue weighted by atomic mass is 10.2. The highest BCUT2D eigenvalue weighted by Crippen LogP contribution is 2.25. The Morgan fingerprint density at radius 3 is 3.00 bits per heavy atom. The molecule has 114 valence electrons. The van der Waals surface area contributed by atoms with Crippen molar-refractivity contribution < 1.29 is 9.53 Å². The minimum atomic E-state index is -0.0709. The van der Waals surface area contributed by atoms with Crippen LogP contribution in [0.1, 0.15) is 16.8 Å². The summed E-state index contributed by atoms with van der Waals surface area (Å²) in [6, 6.07) is 10.8. The second-order valence-corrected chi connectivity index (χ2v) is 6.39. The summed E-state index contributed by atoms with van der Waals surface area (Å²) in [6.07, 6.45) is 2.44. The van der Waals surface area contributed by atoms with E-state index in [2.05, 4.69) is 20.9 Å². The van der Waals surface area contributed by atoms with Gasteiger partial charge in [-0.15, -0.1) is 0 Å². The van der Waals surface area contributed by atoms with Gasteiger partial charge in [0.25, 0.3) is 5.91 Å². The molecule has 1 aliphatic heterocycles. The molecule has 3 rings (SSSR count). The molecule has 4 nitrogen and oxygen atoms in total. The van der Waals surface area contributed by atoms with Crippen LogP contribution >= 0.6 is 27.5 Å². The highest BCUT2D eigenvalue weighted by Gasteiger charge is 2.29. The number of pyridine rings is 1. The third kappa shape index (κ3) is 3.42. The molecule has 1 aromatic carbocycles. The lowest BCUT2D eigenvalue weighted by molar-refractivity contribution is 0.0771. The third-order valence-electron chi connectivity index (χ3n) is 3.52. The van der Waals surface area contributed by atoms with Crippen molar-refractivity contribution in [1.82, 2.24) is 9.88 Å². The molecular weight excluding hydrogens is 368 g/mol. The van der Waals surface area contributed by atoms with Crippen LogP contribution in [-0.4, -0.2) is 35.0 Å². The molecule has 1 amide bonds. The molecule has 0 radical (unpaired) electrons. The van der Waals surface area contributed by atoms with Gasteiger partial charge in [0.2, 0.25) is 5.88 Å². The number of rotatable bonds is 3. The maximum atomic E-state index is 12.6. The van der Waals surface area contributed by atoms with Gasteiger partial charge in [-0.2, -0.15) is 0 Å². The van der Waals surface area contributed by atoms with Crippen molar-refractivity contribution >= 4 is 33.4 Å². The van der Waals surface area contributed by atoms with E-state index < -0.39 is 0 Å². The van der Waals surface area contributed by atoms with E-state index in [4.69, 9.17) is 16.3 Å². The lowest BCUT2D eigenvalue weighted by Crippen LogP contribution is -2.31. The molecule has 0 aliphatic carbocycles. The molecule has 0 N–H and O–H groups in total. The van der Waals surface area contributed by atoms with Gasteiger partial charge < -0.3 is 9.64 Å². The number of aromatic nitrogens is 1. The quantitative estimate of drug-likeness (QED) is 0.812. The second-order valence-electron chi connectivity index (χ2n) is 5.07. The Labute approximate surface area is 142 Å². The number of halogens is 2. The molecule has 1 atom stereocenters. The molecule has 0 spiro atoms. The fraction of sp³-hybridized carbons (Fsp3) is 0.250. The Hall–Kier alpha value is -1.59. The number of hydrogen-bond donors (Lipinski definition) is 0. The summed E-state index contributed by atoms with van der Waals surface area (Å²) in [5.74, 6) is 0.515. The fourth-order valence-electron chi connectivity index (χ4n) is 2.43. The van der Waals surface area contributed by atoms with Gasteiger partial charge in [0.05, 0.1) is 17.1 Å². The van der Waals surface area contributed by atoms with Crippen LogP contribution in [0.15, 0.2) is 47.1 Å². The van der Waals surface area contributed by atoms with Crippen LogP contribution in [-0.2, 0) is 0 Å². The van der Waals surface area contributed by atoms with Gasteiger partial charge in [0.15, 0.2) is 0 Å². The highest BCUT2D eigenvalue weighted by atomic mass is 79.9. The Morgan fingerprint density at radius 2 is 2.23 bits per heavy atom. The summed E-state index contributed by atoms with van der Waals surface area (Å²) >= 11 is 9.49. The predicted octanol–water partition coefficient (Wildman–Crippen LogP) is 3.79. The Kier molecular flexibility index (Phi) is 4.64. The van der Waals surface area contributed by atoms with Crippen molar-refractivity contribution in [1.29, 1.82) is 0 Å². The Bertz CT molecular complexity index is 681. The van der Waals surface area contributed by atoms with Crippen LogP contribution < -0.4 is 4.74 Å². The summed E-state index contributed by atoms with van der Waals surface area (Å²) in [5.41, 5.74) is 0.509. The zero-order chi connectivity index (χ0) is 15.5. The molecule has 0 bridgehead atoms. The van der Waals surface area contributed by atoms with Crippen molar-refractivity contribution in [2.75, 3.05) is 13.1 Å². The summed E-state index contributed by atoms with van der Waals surface area (Å²) in [4.78, 5) is 18.5. The third-order valence-corrected chi connectivity index (χ3v) is 4.34. The monoisotopic (exact) mass is 380 g/mol. The normalized spacial score (nSPS) is 17.5. The first-order chi connectivity index (χ1) is 10.6. The van der Waals surface area contributed by atoms with Gasteiger partial charge in [-0.05, 0) is 24.3 Å². The first-order valence-electron chi connectivity index (χ1n) is 6.95. The van der Waals surface area contributed by atoms with Gasteiger partial charge in [-0.1, -0.05) is 33.6 Å². The molecular formula is C16H14BrClN2O2. The number of carbonyl (C=O) groups excluding carboxylic acids is 1. The first-order valence-corrected chi connectivity index (χ1v) is 8.12. The van der Waals surface area contributed by atoms with E-state index in [0.29, 0.717) is 29.6 Å². The van der Waals surface area contributed by atoms with Crippen LogP contribution in [0.2, 0.25) is 5.02 Å². The fourth-order valence-corrected chi connectivity index (χ4v) is 2.99. The van der Waals surface area contributed by atoms with E-state index >= 15 is 0 Å². The summed E-state index contributed by atoms with van der Waals surface area (Å²) in [6.45, 7) is 1.19. The largest absolute Gasteiger partial charge is 0.472 e. The average molecular weight is 382 g/mol. The molecule has 2 heterocycles. The van der Waals surface area contributed by atoms with Crippen LogP contribution in [0.25, 0.3) is 0 Å². The highest BCUT2D eigenvalue weighted by molar-refractivity contribution is 9.10. The molecule has 1 unspecified atom stereocenters. The number of hydrogen-bond acceptors (Lipinski definition) is 3.